The van der Waals surface area contributed by atoms with Crippen molar-refractivity contribution in [3.63, 3.8) is 0 Å². The number of carboxylic acids is 1. The molecule has 0 spiro atoms. The van der Waals surface area contributed by atoms with E-state index in [-0.39, 0.29) is 18.5 Å². The monoisotopic (exact) mass is 302 g/mol. The normalized spacial score (nSPS) is 11.0. The van der Waals surface area contributed by atoms with Crippen LogP contribution in [0.5, 0.6) is 0 Å². The number of carbonyl (C=O) groups is 2. The van der Waals surface area contributed by atoms with E-state index in [1.807, 2.05) is 38.2 Å². The van der Waals surface area contributed by atoms with Gasteiger partial charge in [0, 0.05) is 29.6 Å². The fraction of sp³-hybridized carbons (Fsp3) is 0.412. The van der Waals surface area contributed by atoms with Gasteiger partial charge in [0.25, 0.3) is 0 Å². The predicted octanol–water partition coefficient (Wildman–Crippen LogP) is 2.81. The van der Waals surface area contributed by atoms with Crippen LogP contribution in [-0.4, -0.2) is 39.5 Å². The van der Waals surface area contributed by atoms with E-state index in [1.54, 1.807) is 0 Å². The van der Waals surface area contributed by atoms with Gasteiger partial charge in [0.15, 0.2) is 0 Å². The summed E-state index contributed by atoms with van der Waals surface area (Å²) in [6, 6.07) is 7.97. The Bertz CT molecular complexity index is 661. The second-order valence-electron chi connectivity index (χ2n) is 5.72. The molecule has 0 aliphatic carbocycles. The minimum absolute atomic E-state index is 0.0998. The van der Waals surface area contributed by atoms with Crippen LogP contribution in [0.1, 0.15) is 32.3 Å². The molecule has 1 amide bonds. The van der Waals surface area contributed by atoms with E-state index in [0.29, 0.717) is 12.8 Å². The van der Waals surface area contributed by atoms with E-state index in [9.17, 15) is 9.59 Å². The molecule has 22 heavy (non-hydrogen) atoms. The SMILES string of the molecule is CC(C)N(CC(=O)O)C(=O)CCCc1c[nH]c2ccccc12. The van der Waals surface area contributed by atoms with E-state index in [0.717, 1.165) is 11.9 Å². The van der Waals surface area contributed by atoms with Crippen LogP contribution in [0.25, 0.3) is 10.9 Å². The number of carboxylic acid groups (broad SMARTS) is 1. The second-order valence-corrected chi connectivity index (χ2v) is 5.72. The number of hydrogen-bond donors (Lipinski definition) is 2. The molecule has 0 bridgehead atoms. The molecule has 1 aromatic heterocycles. The molecule has 0 saturated carbocycles. The lowest BCUT2D eigenvalue weighted by atomic mass is 10.1. The Labute approximate surface area is 129 Å². The Hall–Kier alpha value is -2.30. The summed E-state index contributed by atoms with van der Waals surface area (Å²) in [5.41, 5.74) is 2.29. The molecule has 1 heterocycles. The molecule has 1 aromatic carbocycles. The minimum atomic E-state index is -0.973. The number of aromatic amines is 1. The number of aliphatic carboxylic acids is 1. The summed E-state index contributed by atoms with van der Waals surface area (Å²) in [4.78, 5) is 27.6. The van der Waals surface area contributed by atoms with Crippen molar-refractivity contribution < 1.29 is 14.7 Å². The molecule has 0 radical (unpaired) electrons. The number of rotatable bonds is 7. The molecule has 0 aliphatic rings. The average Bonchev–Trinajstić information content (AvgIpc) is 2.87. The van der Waals surface area contributed by atoms with Crippen molar-refractivity contribution in [1.82, 2.24) is 9.88 Å². The summed E-state index contributed by atoms with van der Waals surface area (Å²) in [7, 11) is 0. The number of amides is 1. The first-order valence-corrected chi connectivity index (χ1v) is 7.55. The van der Waals surface area contributed by atoms with Crippen molar-refractivity contribution in [2.45, 2.75) is 39.2 Å². The molecule has 0 atom stereocenters. The number of benzene rings is 1. The van der Waals surface area contributed by atoms with Gasteiger partial charge in [-0.25, -0.2) is 0 Å². The number of nitrogens with one attached hydrogen (secondary N) is 1. The highest BCUT2D eigenvalue weighted by Gasteiger charge is 2.19. The van der Waals surface area contributed by atoms with Gasteiger partial charge in [-0.05, 0) is 38.3 Å². The van der Waals surface area contributed by atoms with E-state index in [1.165, 1.54) is 15.8 Å². The molecule has 0 unspecified atom stereocenters. The molecule has 2 N–H and O–H groups in total. The highest BCUT2D eigenvalue weighted by Crippen LogP contribution is 2.19. The van der Waals surface area contributed by atoms with Crippen molar-refractivity contribution in [2.24, 2.45) is 0 Å². The molecule has 0 saturated heterocycles. The number of nitrogens with zero attached hydrogens (tertiary/aromatic N) is 1. The van der Waals surface area contributed by atoms with Gasteiger partial charge in [0.05, 0.1) is 0 Å². The van der Waals surface area contributed by atoms with Gasteiger partial charge in [0.1, 0.15) is 6.54 Å². The molecule has 5 nitrogen and oxygen atoms in total. The fourth-order valence-electron chi connectivity index (χ4n) is 2.62. The van der Waals surface area contributed by atoms with Crippen LogP contribution in [0.15, 0.2) is 30.5 Å². The van der Waals surface area contributed by atoms with E-state index in [2.05, 4.69) is 11.1 Å². The van der Waals surface area contributed by atoms with E-state index >= 15 is 0 Å². The Morgan fingerprint density at radius 2 is 2.00 bits per heavy atom. The average molecular weight is 302 g/mol. The second kappa shape index (κ2) is 7.11. The summed E-state index contributed by atoms with van der Waals surface area (Å²) < 4.78 is 0. The maximum Gasteiger partial charge on any atom is 0.323 e. The topological polar surface area (TPSA) is 73.4 Å². The number of H-pyrrole nitrogens is 1. The van der Waals surface area contributed by atoms with Gasteiger partial charge < -0.3 is 15.0 Å². The fourth-order valence-corrected chi connectivity index (χ4v) is 2.62. The van der Waals surface area contributed by atoms with Crippen LogP contribution in [-0.2, 0) is 16.0 Å². The minimum Gasteiger partial charge on any atom is -0.480 e. The first-order valence-electron chi connectivity index (χ1n) is 7.55. The first-order chi connectivity index (χ1) is 10.5. The third-order valence-corrected chi connectivity index (χ3v) is 3.76. The lowest BCUT2D eigenvalue weighted by Crippen LogP contribution is -2.40. The van der Waals surface area contributed by atoms with Gasteiger partial charge in [-0.1, -0.05) is 18.2 Å². The number of hydrogen-bond acceptors (Lipinski definition) is 2. The Morgan fingerprint density at radius 1 is 1.27 bits per heavy atom. The summed E-state index contributed by atoms with van der Waals surface area (Å²) in [5, 5.41) is 10.1. The largest absolute Gasteiger partial charge is 0.480 e. The van der Waals surface area contributed by atoms with Gasteiger partial charge >= 0.3 is 5.97 Å². The lowest BCUT2D eigenvalue weighted by Gasteiger charge is -2.24. The maximum absolute atomic E-state index is 12.2. The summed E-state index contributed by atoms with van der Waals surface area (Å²) >= 11 is 0. The van der Waals surface area contributed by atoms with Crippen molar-refractivity contribution in [1.29, 1.82) is 0 Å². The van der Waals surface area contributed by atoms with Crippen molar-refractivity contribution in [3.05, 3.63) is 36.0 Å². The number of fused-ring (bicyclic) bond motifs is 1. The number of carbonyl (C=O) groups excluding carboxylic acids is 1. The molecule has 2 rings (SSSR count). The zero-order chi connectivity index (χ0) is 16.1. The predicted molar refractivity (Wildman–Crippen MR) is 85.7 cm³/mol. The molecule has 0 fully saturated rings. The third-order valence-electron chi connectivity index (χ3n) is 3.76. The Morgan fingerprint density at radius 3 is 2.68 bits per heavy atom. The quantitative estimate of drug-likeness (QED) is 0.826. The van der Waals surface area contributed by atoms with Crippen molar-refractivity contribution in [3.8, 4) is 0 Å². The van der Waals surface area contributed by atoms with Crippen LogP contribution >= 0.6 is 0 Å². The molecular formula is C17H22N2O3. The summed E-state index contributed by atoms with van der Waals surface area (Å²) in [6.45, 7) is 3.44. The lowest BCUT2D eigenvalue weighted by molar-refractivity contribution is -0.145. The zero-order valence-electron chi connectivity index (χ0n) is 13.0. The van der Waals surface area contributed by atoms with Gasteiger partial charge in [-0.3, -0.25) is 9.59 Å². The summed E-state index contributed by atoms with van der Waals surface area (Å²) in [6.07, 6.45) is 3.86. The zero-order valence-corrected chi connectivity index (χ0v) is 13.0. The Kier molecular flexibility index (Phi) is 5.20. The molecule has 0 aliphatic heterocycles. The molecule has 5 heteroatoms. The number of aryl methyl sites for hydroxylation is 1. The Balaban J connectivity index is 1.92. The smallest absolute Gasteiger partial charge is 0.323 e. The molecule has 118 valence electrons. The first kappa shape index (κ1) is 16.1. The van der Waals surface area contributed by atoms with Crippen LogP contribution in [0.2, 0.25) is 0 Å². The van der Waals surface area contributed by atoms with Crippen LogP contribution in [0, 0.1) is 0 Å². The van der Waals surface area contributed by atoms with Gasteiger partial charge in [-0.15, -0.1) is 0 Å². The maximum atomic E-state index is 12.2. The van der Waals surface area contributed by atoms with Crippen LogP contribution < -0.4 is 0 Å². The highest BCUT2D eigenvalue weighted by atomic mass is 16.4. The number of aromatic nitrogens is 1. The number of para-hydroxylation sites is 1. The van der Waals surface area contributed by atoms with Crippen LogP contribution in [0.4, 0.5) is 0 Å². The van der Waals surface area contributed by atoms with Gasteiger partial charge in [0.2, 0.25) is 5.91 Å². The highest BCUT2D eigenvalue weighted by molar-refractivity contribution is 5.83. The van der Waals surface area contributed by atoms with E-state index in [4.69, 9.17) is 5.11 Å². The third kappa shape index (κ3) is 3.87. The van der Waals surface area contributed by atoms with Crippen LogP contribution in [0.3, 0.4) is 0 Å². The van der Waals surface area contributed by atoms with Gasteiger partial charge in [-0.2, -0.15) is 0 Å². The van der Waals surface area contributed by atoms with E-state index < -0.39 is 5.97 Å². The standard InChI is InChI=1S/C17H22N2O3/c1-12(2)19(11-17(21)22)16(20)9-5-6-13-10-18-15-8-4-3-7-14(13)15/h3-4,7-8,10,12,18H,5-6,9,11H2,1-2H3,(H,21,22). The summed E-state index contributed by atoms with van der Waals surface area (Å²) in [5.74, 6) is -1.07. The molecular weight excluding hydrogens is 280 g/mol. The van der Waals surface area contributed by atoms with Crippen molar-refractivity contribution >= 4 is 22.8 Å². The van der Waals surface area contributed by atoms with Crippen molar-refractivity contribution in [2.75, 3.05) is 6.54 Å². The molecule has 2 aromatic rings.